The van der Waals surface area contributed by atoms with Crippen LogP contribution in [0.15, 0.2) is 36.4 Å². The van der Waals surface area contributed by atoms with Crippen LogP contribution in [0, 0.1) is 46.6 Å². The van der Waals surface area contributed by atoms with E-state index in [1.165, 1.54) is 51.4 Å². The van der Waals surface area contributed by atoms with Crippen LogP contribution < -0.4 is 28.4 Å². The van der Waals surface area contributed by atoms with E-state index in [1.807, 2.05) is 24.3 Å². The number of hydrogen-bond acceptors (Lipinski definition) is 6. The maximum atomic E-state index is 6.72. The molecular formula is C68H102O6Si2. The average molecular weight is 1070 g/mol. The normalized spacial score (nSPS) is 11.0. The molecule has 0 aliphatic carbocycles. The molecule has 0 unspecified atom stereocenters. The minimum atomic E-state index is -1.69. The zero-order chi connectivity index (χ0) is 55.3. The maximum Gasteiger partial charge on any atom is 0.136 e. The van der Waals surface area contributed by atoms with E-state index < -0.39 is 16.1 Å². The maximum absolute atomic E-state index is 6.72. The van der Waals surface area contributed by atoms with Crippen LogP contribution in [0.2, 0.25) is 39.3 Å². The van der Waals surface area contributed by atoms with Crippen molar-refractivity contribution in [3.05, 3.63) is 69.8 Å². The quantitative estimate of drug-likeness (QED) is 0.0329. The smallest absolute Gasteiger partial charge is 0.136 e. The summed E-state index contributed by atoms with van der Waals surface area (Å²) in [5.74, 6) is 25.6. The van der Waals surface area contributed by atoms with Crippen LogP contribution in [-0.2, 0) is 0 Å². The van der Waals surface area contributed by atoms with Gasteiger partial charge in [0.1, 0.15) is 50.6 Å². The Morgan fingerprint density at radius 3 is 0.579 bits per heavy atom. The summed E-state index contributed by atoms with van der Waals surface area (Å²) in [4.78, 5) is 0. The van der Waals surface area contributed by atoms with E-state index in [0.717, 1.165) is 159 Å². The average Bonchev–Trinajstić information content (AvgIpc) is 3.39. The van der Waals surface area contributed by atoms with Gasteiger partial charge in [0, 0.05) is 36.4 Å². The number of unbranched alkanes of at least 4 members (excludes halogenated alkanes) is 18. The highest BCUT2D eigenvalue weighted by Gasteiger charge is 2.17. The Bertz CT molecular complexity index is 2210. The number of hydrogen-bond donors (Lipinski definition) is 0. The topological polar surface area (TPSA) is 55.4 Å². The van der Waals surface area contributed by atoms with Crippen molar-refractivity contribution in [1.82, 2.24) is 0 Å². The fourth-order valence-electron chi connectivity index (χ4n) is 8.03. The highest BCUT2D eigenvalue weighted by molar-refractivity contribution is 6.84. The van der Waals surface area contributed by atoms with Gasteiger partial charge in [0.2, 0.25) is 0 Å². The predicted molar refractivity (Wildman–Crippen MR) is 330 cm³/mol. The molecular weight excluding hydrogens is 969 g/mol. The Morgan fingerprint density at radius 1 is 0.250 bits per heavy atom. The number of rotatable bonds is 36. The van der Waals surface area contributed by atoms with Crippen LogP contribution >= 0.6 is 0 Å². The second kappa shape index (κ2) is 38.6. The van der Waals surface area contributed by atoms with Crippen molar-refractivity contribution in [3.63, 3.8) is 0 Å². The highest BCUT2D eigenvalue weighted by Crippen LogP contribution is 2.34. The molecule has 6 nitrogen and oxygen atoms in total. The standard InChI is InChI=1S/C68H102O6Si2/c1-13-19-25-31-43-69-63-51-58(38-40-60-54-68(74-48-36-30-24-18-6)62(42-50-76(10,11)12)56-66(60)72-46-34-28-22-16-4)64(70-44-32-26-20-14-2)52-57(63)37-39-59-53-67(73-47-35-29-23-17-5)61(41-49-75(7,8)9)55-65(59)71-45-33-27-21-15-3/h51-56H,13-36,43-48H2,1-12H3. The molecule has 0 aromatic heterocycles. The third-order valence-corrected chi connectivity index (χ3v) is 14.3. The molecule has 0 N–H and O–H groups in total. The van der Waals surface area contributed by atoms with Crippen molar-refractivity contribution >= 4 is 16.1 Å². The van der Waals surface area contributed by atoms with E-state index in [9.17, 15) is 0 Å². The van der Waals surface area contributed by atoms with E-state index in [1.54, 1.807) is 0 Å². The van der Waals surface area contributed by atoms with Crippen molar-refractivity contribution in [1.29, 1.82) is 0 Å². The second-order valence-corrected chi connectivity index (χ2v) is 32.0. The first-order valence-corrected chi connectivity index (χ1v) is 37.2. The van der Waals surface area contributed by atoms with Crippen molar-refractivity contribution in [3.8, 4) is 81.1 Å². The lowest BCUT2D eigenvalue weighted by atomic mass is 10.1. The molecule has 76 heavy (non-hydrogen) atoms. The Morgan fingerprint density at radius 2 is 0.421 bits per heavy atom. The molecule has 8 heteroatoms. The van der Waals surface area contributed by atoms with Gasteiger partial charge < -0.3 is 28.4 Å². The fourth-order valence-corrected chi connectivity index (χ4v) is 9.05. The number of benzene rings is 3. The van der Waals surface area contributed by atoms with Gasteiger partial charge >= 0.3 is 0 Å². The minimum Gasteiger partial charge on any atom is -0.492 e. The minimum absolute atomic E-state index is 0.570. The third kappa shape index (κ3) is 28.0. The first kappa shape index (κ1) is 65.4. The summed E-state index contributed by atoms with van der Waals surface area (Å²) in [7, 11) is -3.38. The van der Waals surface area contributed by atoms with Crippen LogP contribution in [0.1, 0.15) is 229 Å². The molecule has 0 atom stereocenters. The molecule has 0 aliphatic heterocycles. The Kier molecular flexibility index (Phi) is 33.3. The van der Waals surface area contributed by atoms with E-state index in [0.29, 0.717) is 51.1 Å². The van der Waals surface area contributed by atoms with Crippen LogP contribution in [0.25, 0.3) is 0 Å². The zero-order valence-corrected chi connectivity index (χ0v) is 52.1. The van der Waals surface area contributed by atoms with Gasteiger partial charge in [-0.3, -0.25) is 0 Å². The lowest BCUT2D eigenvalue weighted by Crippen LogP contribution is -2.16. The monoisotopic (exact) mass is 1070 g/mol. The lowest BCUT2D eigenvalue weighted by molar-refractivity contribution is 0.295. The summed E-state index contributed by atoms with van der Waals surface area (Å²) >= 11 is 0. The van der Waals surface area contributed by atoms with E-state index in [4.69, 9.17) is 28.4 Å². The molecule has 0 bridgehead atoms. The molecule has 418 valence electrons. The van der Waals surface area contributed by atoms with Gasteiger partial charge in [0.25, 0.3) is 0 Å². The van der Waals surface area contributed by atoms with Crippen LogP contribution in [-0.4, -0.2) is 55.8 Å². The molecule has 3 aromatic rings. The summed E-state index contributed by atoms with van der Waals surface area (Å²) in [6.07, 6.45) is 26.6. The molecule has 0 fully saturated rings. The summed E-state index contributed by atoms with van der Waals surface area (Å²) in [5, 5.41) is 0. The van der Waals surface area contributed by atoms with Crippen molar-refractivity contribution in [2.24, 2.45) is 0 Å². The summed E-state index contributed by atoms with van der Waals surface area (Å²) in [6, 6.07) is 12.3. The first-order valence-electron chi connectivity index (χ1n) is 30.2. The Labute approximate surface area is 467 Å². The van der Waals surface area contributed by atoms with E-state index in [2.05, 4.69) is 140 Å². The van der Waals surface area contributed by atoms with Crippen LogP contribution in [0.5, 0.6) is 34.5 Å². The largest absolute Gasteiger partial charge is 0.492 e. The lowest BCUT2D eigenvalue weighted by Gasteiger charge is -2.15. The molecule has 0 saturated carbocycles. The number of ether oxygens (including phenoxy) is 6. The molecule has 3 rings (SSSR count). The first-order chi connectivity index (χ1) is 36.7. The highest BCUT2D eigenvalue weighted by atomic mass is 28.3. The van der Waals surface area contributed by atoms with Crippen molar-refractivity contribution in [2.45, 2.75) is 235 Å². The van der Waals surface area contributed by atoms with Gasteiger partial charge in [-0.2, -0.15) is 0 Å². The Hall–Kier alpha value is -4.87. The molecule has 0 radical (unpaired) electrons. The Balaban J connectivity index is 2.36. The van der Waals surface area contributed by atoms with Gasteiger partial charge in [-0.05, 0) is 38.5 Å². The van der Waals surface area contributed by atoms with Crippen molar-refractivity contribution in [2.75, 3.05) is 39.6 Å². The van der Waals surface area contributed by atoms with Gasteiger partial charge in [-0.15, -0.1) is 11.1 Å². The molecule has 0 spiro atoms. The zero-order valence-electron chi connectivity index (χ0n) is 50.1. The molecule has 0 heterocycles. The molecule has 3 aromatic carbocycles. The fraction of sp³-hybridized carbons (Fsp3) is 0.618. The van der Waals surface area contributed by atoms with Crippen molar-refractivity contribution < 1.29 is 28.4 Å². The molecule has 0 amide bonds. The molecule has 0 saturated heterocycles. The molecule has 0 aliphatic rings. The van der Waals surface area contributed by atoms with Crippen LogP contribution in [0.3, 0.4) is 0 Å². The third-order valence-electron chi connectivity index (χ3n) is 12.6. The van der Waals surface area contributed by atoms with Gasteiger partial charge in [0.05, 0.1) is 73.0 Å². The predicted octanol–water partition coefficient (Wildman–Crippen LogP) is 18.7. The summed E-state index contributed by atoms with van der Waals surface area (Å²) < 4.78 is 39.8. The summed E-state index contributed by atoms with van der Waals surface area (Å²) in [5.41, 5.74) is 11.9. The summed E-state index contributed by atoms with van der Waals surface area (Å²) in [6.45, 7) is 30.6. The van der Waals surface area contributed by atoms with E-state index >= 15 is 0 Å². The van der Waals surface area contributed by atoms with Crippen LogP contribution in [0.4, 0.5) is 0 Å². The second-order valence-electron chi connectivity index (χ2n) is 22.5. The van der Waals surface area contributed by atoms with Gasteiger partial charge in [0.15, 0.2) is 0 Å². The van der Waals surface area contributed by atoms with Gasteiger partial charge in [-0.1, -0.05) is 232 Å². The SMILES string of the molecule is CCCCCCOc1cc(C#Cc2cc(OCCCCCC)c(C#C[Si](C)(C)C)cc2OCCCCCC)c(OCCCCCC)cc1C#Cc1cc(OCCCCCC)c(C#C[Si](C)(C)C)cc1OCCCCCC. The van der Waals surface area contributed by atoms with E-state index in [-0.39, 0.29) is 0 Å². The van der Waals surface area contributed by atoms with Gasteiger partial charge in [-0.25, -0.2) is 0 Å².